The standard InChI is InChI=1S/C20H26O3/c1-10(2)12-6-7-19-8-13-11(3)15(22)16-20(13,23-16)17(19,4)9-14(21)18(12,19)5/h10,12-13,16H,3,6-9H2,1-2,4-5H3/t12-,13-,16-,17+,18+,19+,20+/m1/s1. The maximum absolute atomic E-state index is 13.3. The number of epoxide rings is 1. The lowest BCUT2D eigenvalue weighted by Gasteiger charge is -2.46. The molecule has 0 radical (unpaired) electrons. The van der Waals surface area contributed by atoms with Gasteiger partial charge in [-0.2, -0.15) is 0 Å². The summed E-state index contributed by atoms with van der Waals surface area (Å²) in [4.78, 5) is 25.7. The van der Waals surface area contributed by atoms with Crippen LogP contribution in [0.25, 0.3) is 0 Å². The molecule has 0 amide bonds. The fourth-order valence-corrected chi connectivity index (χ4v) is 8.05. The molecule has 1 saturated heterocycles. The molecule has 124 valence electrons. The Labute approximate surface area is 137 Å². The van der Waals surface area contributed by atoms with E-state index >= 15 is 0 Å². The van der Waals surface area contributed by atoms with Crippen molar-refractivity contribution in [3.63, 3.8) is 0 Å². The summed E-state index contributed by atoms with van der Waals surface area (Å²) in [5.74, 6) is 1.63. The van der Waals surface area contributed by atoms with Crippen LogP contribution in [0.4, 0.5) is 0 Å². The molecule has 0 N–H and O–H groups in total. The molecule has 1 aliphatic heterocycles. The molecule has 0 aromatic rings. The Morgan fingerprint density at radius 2 is 1.96 bits per heavy atom. The lowest BCUT2D eigenvalue weighted by atomic mass is 9.56. The zero-order valence-electron chi connectivity index (χ0n) is 14.6. The van der Waals surface area contributed by atoms with Crippen molar-refractivity contribution in [2.45, 2.75) is 65.1 Å². The van der Waals surface area contributed by atoms with E-state index in [1.54, 1.807) is 0 Å². The van der Waals surface area contributed by atoms with Gasteiger partial charge in [0.25, 0.3) is 0 Å². The summed E-state index contributed by atoms with van der Waals surface area (Å²) in [6.45, 7) is 13.1. The van der Waals surface area contributed by atoms with Crippen LogP contribution < -0.4 is 0 Å². The van der Waals surface area contributed by atoms with E-state index in [1.807, 2.05) is 0 Å². The van der Waals surface area contributed by atoms with E-state index in [0.29, 0.717) is 24.0 Å². The van der Waals surface area contributed by atoms with E-state index in [0.717, 1.165) is 24.8 Å². The van der Waals surface area contributed by atoms with Crippen molar-refractivity contribution in [2.24, 2.45) is 34.0 Å². The van der Waals surface area contributed by atoms with Gasteiger partial charge in [0.05, 0.1) is 0 Å². The molecule has 1 heterocycles. The van der Waals surface area contributed by atoms with Crippen LogP contribution >= 0.6 is 0 Å². The minimum Gasteiger partial charge on any atom is -0.356 e. The van der Waals surface area contributed by atoms with Crippen molar-refractivity contribution >= 4 is 11.6 Å². The van der Waals surface area contributed by atoms with E-state index in [4.69, 9.17) is 4.74 Å². The topological polar surface area (TPSA) is 46.7 Å². The van der Waals surface area contributed by atoms with Crippen molar-refractivity contribution in [1.29, 1.82) is 0 Å². The quantitative estimate of drug-likeness (QED) is 0.551. The molecule has 5 aliphatic rings. The van der Waals surface area contributed by atoms with Gasteiger partial charge in [-0.25, -0.2) is 0 Å². The number of hydrogen-bond acceptors (Lipinski definition) is 3. The van der Waals surface area contributed by atoms with Crippen LogP contribution in [0.2, 0.25) is 0 Å². The third-order valence-electron chi connectivity index (χ3n) is 9.13. The number of rotatable bonds is 1. The molecule has 4 aliphatic carbocycles. The van der Waals surface area contributed by atoms with Gasteiger partial charge < -0.3 is 4.74 Å². The summed E-state index contributed by atoms with van der Waals surface area (Å²) in [5.41, 5.74) is -0.0846. The Balaban J connectivity index is 1.72. The molecule has 3 heteroatoms. The van der Waals surface area contributed by atoms with Gasteiger partial charge in [0, 0.05) is 23.2 Å². The van der Waals surface area contributed by atoms with Crippen molar-refractivity contribution in [3.8, 4) is 0 Å². The van der Waals surface area contributed by atoms with Crippen LogP contribution in [-0.2, 0) is 14.3 Å². The molecular weight excluding hydrogens is 288 g/mol. The first-order chi connectivity index (χ1) is 10.7. The van der Waals surface area contributed by atoms with Crippen LogP contribution in [0.15, 0.2) is 12.2 Å². The third-order valence-corrected chi connectivity index (χ3v) is 9.13. The molecule has 0 unspecified atom stereocenters. The zero-order chi connectivity index (χ0) is 16.6. The Bertz CT molecular complexity index is 693. The first kappa shape index (κ1) is 14.4. The molecule has 0 aromatic heterocycles. The second-order valence-electron chi connectivity index (χ2n) is 9.54. The Morgan fingerprint density at radius 1 is 1.26 bits per heavy atom. The fourth-order valence-electron chi connectivity index (χ4n) is 8.05. The monoisotopic (exact) mass is 314 g/mol. The maximum Gasteiger partial charge on any atom is 0.190 e. The van der Waals surface area contributed by atoms with Crippen molar-refractivity contribution < 1.29 is 14.3 Å². The molecule has 0 bridgehead atoms. The Morgan fingerprint density at radius 3 is 2.61 bits per heavy atom. The predicted molar refractivity (Wildman–Crippen MR) is 85.7 cm³/mol. The molecule has 7 atom stereocenters. The normalized spacial score (nSPS) is 59.3. The Hall–Kier alpha value is -0.960. The van der Waals surface area contributed by atoms with Gasteiger partial charge in [-0.3, -0.25) is 9.59 Å². The molecule has 4 saturated carbocycles. The van der Waals surface area contributed by atoms with E-state index in [2.05, 4.69) is 34.3 Å². The van der Waals surface area contributed by atoms with Crippen LogP contribution in [0.3, 0.4) is 0 Å². The first-order valence-corrected chi connectivity index (χ1v) is 9.11. The van der Waals surface area contributed by atoms with Crippen LogP contribution in [0.1, 0.15) is 53.4 Å². The molecule has 3 nitrogen and oxygen atoms in total. The number of carbonyl (C=O) groups excluding carboxylic acids is 2. The number of carbonyl (C=O) groups is 2. The zero-order valence-corrected chi connectivity index (χ0v) is 14.6. The molecule has 2 spiro atoms. The molecular formula is C20H26O3. The lowest BCUT2D eigenvalue weighted by Crippen LogP contribution is -2.46. The smallest absolute Gasteiger partial charge is 0.190 e. The second kappa shape index (κ2) is 3.51. The van der Waals surface area contributed by atoms with Crippen molar-refractivity contribution in [1.82, 2.24) is 0 Å². The number of hydrogen-bond donors (Lipinski definition) is 0. The van der Waals surface area contributed by atoms with Crippen LogP contribution in [0, 0.1) is 34.0 Å². The number of ether oxygens (including phenoxy) is 1. The van der Waals surface area contributed by atoms with Gasteiger partial charge in [-0.1, -0.05) is 34.3 Å². The van der Waals surface area contributed by atoms with Gasteiger partial charge in [-0.05, 0) is 42.1 Å². The lowest BCUT2D eigenvalue weighted by molar-refractivity contribution is -0.131. The van der Waals surface area contributed by atoms with E-state index in [1.165, 1.54) is 0 Å². The van der Waals surface area contributed by atoms with Gasteiger partial charge >= 0.3 is 0 Å². The summed E-state index contributed by atoms with van der Waals surface area (Å²) in [7, 11) is 0. The highest BCUT2D eigenvalue weighted by Gasteiger charge is 2.91. The summed E-state index contributed by atoms with van der Waals surface area (Å²) in [6.07, 6.45) is 3.43. The maximum atomic E-state index is 13.3. The van der Waals surface area contributed by atoms with E-state index < -0.39 is 5.60 Å². The van der Waals surface area contributed by atoms with Crippen molar-refractivity contribution in [2.75, 3.05) is 0 Å². The summed E-state index contributed by atoms with van der Waals surface area (Å²) < 4.78 is 6.09. The molecule has 0 aromatic carbocycles. The van der Waals surface area contributed by atoms with Gasteiger partial charge in [-0.15, -0.1) is 0 Å². The highest BCUT2D eigenvalue weighted by Crippen LogP contribution is 2.86. The third kappa shape index (κ3) is 1.05. The highest BCUT2D eigenvalue weighted by atomic mass is 16.6. The minimum atomic E-state index is -0.402. The van der Waals surface area contributed by atoms with Gasteiger partial charge in [0.1, 0.15) is 11.4 Å². The van der Waals surface area contributed by atoms with Crippen molar-refractivity contribution in [3.05, 3.63) is 12.2 Å². The van der Waals surface area contributed by atoms with E-state index in [9.17, 15) is 9.59 Å². The summed E-state index contributed by atoms with van der Waals surface area (Å²) in [6, 6.07) is 0. The largest absolute Gasteiger partial charge is 0.356 e. The molecule has 5 fully saturated rings. The average Bonchev–Trinajstić information content (AvgIpc) is 2.98. The SMILES string of the molecule is C=C1C(=O)[C@H]2O[C@@]23[C@@H]1C[C@]12CC[C@H](C(C)C)[C@@]1(C)C(=O)C[C@]32C. The van der Waals surface area contributed by atoms with Gasteiger partial charge in [0.15, 0.2) is 11.9 Å². The minimum absolute atomic E-state index is 0.00488. The molecule has 5 rings (SSSR count). The fraction of sp³-hybridized carbons (Fsp3) is 0.800. The molecule has 23 heavy (non-hydrogen) atoms. The van der Waals surface area contributed by atoms with Crippen LogP contribution in [0.5, 0.6) is 0 Å². The second-order valence-corrected chi connectivity index (χ2v) is 9.54. The van der Waals surface area contributed by atoms with Gasteiger partial charge in [0.2, 0.25) is 0 Å². The first-order valence-electron chi connectivity index (χ1n) is 9.11. The number of ketones is 2. The average molecular weight is 314 g/mol. The summed E-state index contributed by atoms with van der Waals surface area (Å²) in [5, 5.41) is 0. The summed E-state index contributed by atoms with van der Waals surface area (Å²) >= 11 is 0. The number of Topliss-reactive ketones (excluding diaryl/α,β-unsaturated/α-hetero) is 2. The van der Waals surface area contributed by atoms with E-state index in [-0.39, 0.29) is 34.1 Å². The van der Waals surface area contributed by atoms with Crippen LogP contribution in [-0.4, -0.2) is 23.3 Å². The highest BCUT2D eigenvalue weighted by molar-refractivity contribution is 6.07. The predicted octanol–water partition coefficient (Wildman–Crippen LogP) is 3.32. The Kier molecular flexibility index (Phi) is 2.20.